The SMILES string of the molecule is O=C(c1cc([N+](=O)[O-])cc([N+](=O)[O-])c1)N1CCCN(Cc2ccccc2)CC1. The largest absolute Gasteiger partial charge is 0.337 e. The highest BCUT2D eigenvalue weighted by Gasteiger charge is 2.25. The molecule has 2 aromatic rings. The highest BCUT2D eigenvalue weighted by Crippen LogP contribution is 2.24. The first-order valence-corrected chi connectivity index (χ1v) is 8.93. The fourth-order valence-electron chi connectivity index (χ4n) is 3.29. The first-order valence-electron chi connectivity index (χ1n) is 8.93. The third-order valence-electron chi connectivity index (χ3n) is 4.70. The quantitative estimate of drug-likeness (QED) is 0.579. The first-order chi connectivity index (χ1) is 13.4. The van der Waals surface area contributed by atoms with E-state index in [0.717, 1.165) is 37.7 Å². The Bertz CT molecular complexity index is 855. The molecule has 0 bridgehead atoms. The van der Waals surface area contributed by atoms with Gasteiger partial charge in [-0.3, -0.25) is 29.9 Å². The van der Waals surface area contributed by atoms with Crippen molar-refractivity contribution < 1.29 is 14.6 Å². The molecule has 1 aliphatic heterocycles. The number of benzene rings is 2. The summed E-state index contributed by atoms with van der Waals surface area (Å²) in [7, 11) is 0. The van der Waals surface area contributed by atoms with E-state index in [1.54, 1.807) is 4.90 Å². The summed E-state index contributed by atoms with van der Waals surface area (Å²) in [6.07, 6.45) is 0.760. The van der Waals surface area contributed by atoms with Crippen LogP contribution in [0.4, 0.5) is 11.4 Å². The summed E-state index contributed by atoms with van der Waals surface area (Å²) < 4.78 is 0. The molecule has 1 saturated heterocycles. The molecule has 0 N–H and O–H groups in total. The van der Waals surface area contributed by atoms with Gasteiger partial charge in [-0.05, 0) is 12.0 Å². The van der Waals surface area contributed by atoms with E-state index < -0.39 is 27.1 Å². The lowest BCUT2D eigenvalue weighted by Crippen LogP contribution is -2.35. The third kappa shape index (κ3) is 4.68. The van der Waals surface area contributed by atoms with Crippen LogP contribution in [0.3, 0.4) is 0 Å². The maximum absolute atomic E-state index is 12.8. The number of nitro benzene ring substituents is 2. The van der Waals surface area contributed by atoms with Gasteiger partial charge in [-0.15, -0.1) is 0 Å². The van der Waals surface area contributed by atoms with Crippen LogP contribution in [-0.4, -0.2) is 51.7 Å². The summed E-state index contributed by atoms with van der Waals surface area (Å²) in [4.78, 5) is 37.3. The number of amides is 1. The van der Waals surface area contributed by atoms with Gasteiger partial charge in [-0.1, -0.05) is 30.3 Å². The van der Waals surface area contributed by atoms with Crippen LogP contribution in [0.25, 0.3) is 0 Å². The van der Waals surface area contributed by atoms with E-state index >= 15 is 0 Å². The van der Waals surface area contributed by atoms with Gasteiger partial charge in [0.1, 0.15) is 0 Å². The van der Waals surface area contributed by atoms with E-state index in [2.05, 4.69) is 17.0 Å². The van der Waals surface area contributed by atoms with Gasteiger partial charge in [0.15, 0.2) is 0 Å². The standard InChI is InChI=1S/C19H20N4O5/c24-19(16-11-17(22(25)26)13-18(12-16)23(27)28)21-8-4-7-20(9-10-21)14-15-5-2-1-3-6-15/h1-3,5-6,11-13H,4,7-10,14H2. The molecule has 1 fully saturated rings. The third-order valence-corrected chi connectivity index (χ3v) is 4.70. The van der Waals surface area contributed by atoms with Gasteiger partial charge in [-0.2, -0.15) is 0 Å². The Morgan fingerprint density at radius 1 is 0.893 bits per heavy atom. The van der Waals surface area contributed by atoms with Crippen molar-refractivity contribution >= 4 is 17.3 Å². The number of nitro groups is 2. The van der Waals surface area contributed by atoms with Crippen molar-refractivity contribution in [3.05, 3.63) is 79.9 Å². The molecule has 0 atom stereocenters. The lowest BCUT2D eigenvalue weighted by Gasteiger charge is -2.22. The number of hydrogen-bond acceptors (Lipinski definition) is 6. The second-order valence-electron chi connectivity index (χ2n) is 6.66. The van der Waals surface area contributed by atoms with Crippen LogP contribution in [-0.2, 0) is 6.54 Å². The van der Waals surface area contributed by atoms with Gasteiger partial charge < -0.3 is 4.90 Å². The molecule has 2 aromatic carbocycles. The number of nitrogens with zero attached hydrogens (tertiary/aromatic N) is 4. The second kappa shape index (κ2) is 8.57. The molecule has 3 rings (SSSR count). The van der Waals surface area contributed by atoms with E-state index in [1.807, 2.05) is 18.2 Å². The van der Waals surface area contributed by atoms with Crippen molar-refractivity contribution in [3.63, 3.8) is 0 Å². The van der Waals surface area contributed by atoms with Gasteiger partial charge in [-0.25, -0.2) is 0 Å². The molecule has 0 saturated carbocycles. The van der Waals surface area contributed by atoms with Gasteiger partial charge >= 0.3 is 0 Å². The zero-order chi connectivity index (χ0) is 20.1. The van der Waals surface area contributed by atoms with Crippen molar-refractivity contribution in [1.82, 2.24) is 9.80 Å². The number of carbonyl (C=O) groups is 1. The molecule has 0 spiro atoms. The molecule has 28 heavy (non-hydrogen) atoms. The van der Waals surface area contributed by atoms with E-state index in [-0.39, 0.29) is 5.56 Å². The minimum Gasteiger partial charge on any atom is -0.337 e. The van der Waals surface area contributed by atoms with E-state index in [9.17, 15) is 25.0 Å². The molecular weight excluding hydrogens is 364 g/mol. The highest BCUT2D eigenvalue weighted by atomic mass is 16.6. The fourth-order valence-corrected chi connectivity index (χ4v) is 3.29. The highest BCUT2D eigenvalue weighted by molar-refractivity contribution is 5.95. The lowest BCUT2D eigenvalue weighted by molar-refractivity contribution is -0.394. The van der Waals surface area contributed by atoms with Crippen LogP contribution in [0.2, 0.25) is 0 Å². The molecule has 9 heteroatoms. The van der Waals surface area contributed by atoms with E-state index in [0.29, 0.717) is 19.6 Å². The Labute approximate surface area is 161 Å². The Morgan fingerprint density at radius 3 is 2.14 bits per heavy atom. The Hall–Kier alpha value is -3.33. The van der Waals surface area contributed by atoms with Crippen LogP contribution in [0.1, 0.15) is 22.3 Å². The van der Waals surface area contributed by atoms with Crippen molar-refractivity contribution in [1.29, 1.82) is 0 Å². The van der Waals surface area contributed by atoms with Gasteiger partial charge in [0.25, 0.3) is 17.3 Å². The van der Waals surface area contributed by atoms with Crippen LogP contribution < -0.4 is 0 Å². The Morgan fingerprint density at radius 2 is 1.54 bits per heavy atom. The molecule has 0 radical (unpaired) electrons. The average molecular weight is 384 g/mol. The minimum atomic E-state index is -0.728. The molecule has 0 aliphatic carbocycles. The second-order valence-corrected chi connectivity index (χ2v) is 6.66. The molecule has 0 aromatic heterocycles. The van der Waals surface area contributed by atoms with Gasteiger partial charge in [0, 0.05) is 44.9 Å². The van der Waals surface area contributed by atoms with Crippen molar-refractivity contribution in [2.75, 3.05) is 26.2 Å². The number of rotatable bonds is 5. The number of carbonyl (C=O) groups excluding carboxylic acids is 1. The van der Waals surface area contributed by atoms with Crippen molar-refractivity contribution in [3.8, 4) is 0 Å². The molecule has 9 nitrogen and oxygen atoms in total. The molecule has 1 amide bonds. The smallest absolute Gasteiger partial charge is 0.277 e. The van der Waals surface area contributed by atoms with Crippen LogP contribution in [0, 0.1) is 20.2 Å². The van der Waals surface area contributed by atoms with Gasteiger partial charge in [0.05, 0.1) is 21.5 Å². The van der Waals surface area contributed by atoms with Crippen LogP contribution in [0.15, 0.2) is 48.5 Å². The molecule has 1 heterocycles. The predicted molar refractivity (Wildman–Crippen MR) is 102 cm³/mol. The van der Waals surface area contributed by atoms with Crippen molar-refractivity contribution in [2.24, 2.45) is 0 Å². The zero-order valence-corrected chi connectivity index (χ0v) is 15.2. The predicted octanol–water partition coefficient (Wildman–Crippen LogP) is 2.85. The maximum Gasteiger partial charge on any atom is 0.277 e. The van der Waals surface area contributed by atoms with Crippen LogP contribution in [0.5, 0.6) is 0 Å². The Kier molecular flexibility index (Phi) is 5.95. The Balaban J connectivity index is 1.72. The summed E-state index contributed by atoms with van der Waals surface area (Å²) in [5.74, 6) is -0.423. The first kappa shape index (κ1) is 19.4. The average Bonchev–Trinajstić information content (AvgIpc) is 2.93. The monoisotopic (exact) mass is 384 g/mol. The summed E-state index contributed by atoms with van der Waals surface area (Å²) >= 11 is 0. The summed E-state index contributed by atoms with van der Waals surface area (Å²) in [5, 5.41) is 22.1. The molecular formula is C19H20N4O5. The minimum absolute atomic E-state index is 0.0302. The molecule has 146 valence electrons. The maximum atomic E-state index is 12.8. The van der Waals surface area contributed by atoms with Crippen molar-refractivity contribution in [2.45, 2.75) is 13.0 Å². The van der Waals surface area contributed by atoms with Crippen LogP contribution >= 0.6 is 0 Å². The number of non-ortho nitro benzene ring substituents is 2. The van der Waals surface area contributed by atoms with E-state index in [4.69, 9.17) is 0 Å². The van der Waals surface area contributed by atoms with Gasteiger partial charge in [0.2, 0.25) is 0 Å². The molecule has 1 aliphatic rings. The fraction of sp³-hybridized carbons (Fsp3) is 0.316. The summed E-state index contributed by atoms with van der Waals surface area (Å²) in [5.41, 5.74) is 0.241. The summed E-state index contributed by atoms with van der Waals surface area (Å²) in [6.45, 7) is 3.24. The molecule has 0 unspecified atom stereocenters. The number of hydrogen-bond donors (Lipinski definition) is 0. The van der Waals surface area contributed by atoms with E-state index in [1.165, 1.54) is 5.56 Å². The zero-order valence-electron chi connectivity index (χ0n) is 15.2. The normalized spacial score (nSPS) is 15.1. The summed E-state index contributed by atoms with van der Waals surface area (Å²) in [6, 6.07) is 13.1. The topological polar surface area (TPSA) is 110 Å². The lowest BCUT2D eigenvalue weighted by atomic mass is 10.1.